The second kappa shape index (κ2) is 8.75. The van der Waals surface area contributed by atoms with E-state index in [1.165, 1.54) is 17.4 Å². The third-order valence-electron chi connectivity index (χ3n) is 2.92. The number of amides is 2. The number of hydrogen-bond donors (Lipinski definition) is 2. The van der Waals surface area contributed by atoms with E-state index in [2.05, 4.69) is 15.6 Å². The SMILES string of the molecule is C[C@@H](NC(=O)NCCSCc1ccccc1F)c1nccs1. The van der Waals surface area contributed by atoms with Crippen molar-refractivity contribution in [2.24, 2.45) is 0 Å². The van der Waals surface area contributed by atoms with Crippen LogP contribution < -0.4 is 10.6 Å². The number of nitrogens with zero attached hydrogens (tertiary/aromatic N) is 1. The molecule has 0 aliphatic rings. The van der Waals surface area contributed by atoms with Crippen LogP contribution in [0.2, 0.25) is 0 Å². The van der Waals surface area contributed by atoms with Crippen molar-refractivity contribution in [2.75, 3.05) is 12.3 Å². The fraction of sp³-hybridized carbons (Fsp3) is 0.333. The van der Waals surface area contributed by atoms with Crippen molar-refractivity contribution in [3.63, 3.8) is 0 Å². The Balaban J connectivity index is 1.60. The molecule has 0 bridgehead atoms. The maximum atomic E-state index is 13.4. The van der Waals surface area contributed by atoms with Gasteiger partial charge in [0.05, 0.1) is 6.04 Å². The fourth-order valence-corrected chi connectivity index (χ4v) is 3.28. The molecule has 0 aliphatic carbocycles. The number of benzene rings is 1. The maximum Gasteiger partial charge on any atom is 0.315 e. The Kier molecular flexibility index (Phi) is 6.67. The van der Waals surface area contributed by atoms with E-state index < -0.39 is 0 Å². The summed E-state index contributed by atoms with van der Waals surface area (Å²) in [6.07, 6.45) is 1.72. The summed E-state index contributed by atoms with van der Waals surface area (Å²) in [5, 5.41) is 8.38. The third kappa shape index (κ3) is 5.31. The molecule has 0 aliphatic heterocycles. The third-order valence-corrected chi connectivity index (χ3v) is 4.88. The molecule has 118 valence electrons. The van der Waals surface area contributed by atoms with E-state index in [0.717, 1.165) is 10.8 Å². The zero-order valence-corrected chi connectivity index (χ0v) is 13.8. The predicted molar refractivity (Wildman–Crippen MR) is 89.6 cm³/mol. The lowest BCUT2D eigenvalue weighted by Crippen LogP contribution is -2.38. The minimum Gasteiger partial charge on any atom is -0.337 e. The summed E-state index contributed by atoms with van der Waals surface area (Å²) in [7, 11) is 0. The van der Waals surface area contributed by atoms with Gasteiger partial charge in [-0.1, -0.05) is 18.2 Å². The van der Waals surface area contributed by atoms with Crippen molar-refractivity contribution in [3.05, 3.63) is 52.2 Å². The smallest absolute Gasteiger partial charge is 0.315 e. The van der Waals surface area contributed by atoms with Crippen LogP contribution in [0.25, 0.3) is 0 Å². The van der Waals surface area contributed by atoms with E-state index in [1.54, 1.807) is 30.1 Å². The lowest BCUT2D eigenvalue weighted by molar-refractivity contribution is 0.238. The minimum atomic E-state index is -0.214. The minimum absolute atomic E-state index is 0.105. The molecule has 0 spiro atoms. The van der Waals surface area contributed by atoms with E-state index in [4.69, 9.17) is 0 Å². The van der Waals surface area contributed by atoms with Crippen LogP contribution in [0, 0.1) is 5.82 Å². The number of halogens is 1. The van der Waals surface area contributed by atoms with Crippen molar-refractivity contribution in [2.45, 2.75) is 18.7 Å². The topological polar surface area (TPSA) is 54.0 Å². The molecule has 7 heteroatoms. The molecule has 2 N–H and O–H groups in total. The molecular formula is C15H18FN3OS2. The lowest BCUT2D eigenvalue weighted by atomic mass is 10.2. The van der Waals surface area contributed by atoms with Gasteiger partial charge in [-0.2, -0.15) is 11.8 Å². The first-order chi connectivity index (χ1) is 10.7. The summed E-state index contributed by atoms with van der Waals surface area (Å²) >= 11 is 3.10. The van der Waals surface area contributed by atoms with Gasteiger partial charge < -0.3 is 10.6 Å². The molecule has 2 aromatic rings. The highest BCUT2D eigenvalue weighted by molar-refractivity contribution is 7.98. The van der Waals surface area contributed by atoms with Gasteiger partial charge in [0.2, 0.25) is 0 Å². The molecule has 22 heavy (non-hydrogen) atoms. The first-order valence-electron chi connectivity index (χ1n) is 6.91. The van der Waals surface area contributed by atoms with Crippen molar-refractivity contribution in [1.29, 1.82) is 0 Å². The molecular weight excluding hydrogens is 321 g/mol. The van der Waals surface area contributed by atoms with E-state index in [0.29, 0.717) is 17.9 Å². The quantitative estimate of drug-likeness (QED) is 0.758. The summed E-state index contributed by atoms with van der Waals surface area (Å²) in [5.41, 5.74) is 0.689. The number of urea groups is 1. The average molecular weight is 339 g/mol. The van der Waals surface area contributed by atoms with E-state index in [9.17, 15) is 9.18 Å². The van der Waals surface area contributed by atoms with Crippen molar-refractivity contribution in [1.82, 2.24) is 15.6 Å². The summed E-state index contributed by atoms with van der Waals surface area (Å²) in [6.45, 7) is 2.43. The molecule has 2 amide bonds. The zero-order valence-electron chi connectivity index (χ0n) is 12.2. The standard InChI is InChI=1S/C15H18FN3OS2/c1-11(14-17-7-9-22-14)19-15(20)18-6-8-21-10-12-4-2-3-5-13(12)16/h2-5,7,9,11H,6,8,10H2,1H3,(H2,18,19,20)/t11-/m1/s1. The molecule has 0 fully saturated rings. The monoisotopic (exact) mass is 339 g/mol. The first kappa shape index (κ1) is 16.8. The number of thiazole rings is 1. The molecule has 2 rings (SSSR count). The van der Waals surface area contributed by atoms with Gasteiger partial charge in [-0.05, 0) is 18.6 Å². The number of hydrogen-bond acceptors (Lipinski definition) is 4. The zero-order chi connectivity index (χ0) is 15.8. The van der Waals surface area contributed by atoms with Crippen LogP contribution in [-0.4, -0.2) is 23.3 Å². The Morgan fingerprint density at radius 3 is 3.00 bits per heavy atom. The summed E-state index contributed by atoms with van der Waals surface area (Å²) < 4.78 is 13.4. The van der Waals surface area contributed by atoms with Gasteiger partial charge >= 0.3 is 6.03 Å². The average Bonchev–Trinajstić information content (AvgIpc) is 3.03. The van der Waals surface area contributed by atoms with Crippen molar-refractivity contribution < 1.29 is 9.18 Å². The molecule has 1 atom stereocenters. The normalized spacial score (nSPS) is 11.9. The highest BCUT2D eigenvalue weighted by Crippen LogP contribution is 2.15. The summed E-state index contributed by atoms with van der Waals surface area (Å²) in [4.78, 5) is 15.9. The highest BCUT2D eigenvalue weighted by atomic mass is 32.2. The van der Waals surface area contributed by atoms with Crippen molar-refractivity contribution >= 4 is 29.1 Å². The molecule has 4 nitrogen and oxygen atoms in total. The largest absolute Gasteiger partial charge is 0.337 e. The number of carbonyl (C=O) groups is 1. The first-order valence-corrected chi connectivity index (χ1v) is 8.95. The number of thioether (sulfide) groups is 1. The van der Waals surface area contributed by atoms with Gasteiger partial charge in [-0.15, -0.1) is 11.3 Å². The van der Waals surface area contributed by atoms with Crippen LogP contribution in [-0.2, 0) is 5.75 Å². The molecule has 0 saturated carbocycles. The fourth-order valence-electron chi connectivity index (χ4n) is 1.79. The predicted octanol–water partition coefficient (Wildman–Crippen LogP) is 3.58. The Morgan fingerprint density at radius 2 is 2.27 bits per heavy atom. The Morgan fingerprint density at radius 1 is 1.45 bits per heavy atom. The summed E-state index contributed by atoms with van der Waals surface area (Å²) in [6, 6.07) is 6.42. The Labute approximate surface area is 137 Å². The van der Waals surface area contributed by atoms with Gasteiger partial charge in [0.25, 0.3) is 0 Å². The Bertz CT molecular complexity index is 592. The molecule has 1 heterocycles. The van der Waals surface area contributed by atoms with Crippen LogP contribution in [0.4, 0.5) is 9.18 Å². The number of carbonyl (C=O) groups excluding carboxylic acids is 1. The van der Waals surface area contributed by atoms with Crippen LogP contribution in [0.15, 0.2) is 35.8 Å². The van der Waals surface area contributed by atoms with Crippen LogP contribution >= 0.6 is 23.1 Å². The number of nitrogens with one attached hydrogen (secondary N) is 2. The number of rotatable bonds is 7. The summed E-state index contributed by atoms with van der Waals surface area (Å²) in [5.74, 6) is 1.15. The van der Waals surface area contributed by atoms with E-state index in [-0.39, 0.29) is 17.9 Å². The van der Waals surface area contributed by atoms with Crippen LogP contribution in [0.1, 0.15) is 23.5 Å². The van der Waals surface area contributed by atoms with E-state index in [1.807, 2.05) is 18.4 Å². The molecule has 0 radical (unpaired) electrons. The van der Waals surface area contributed by atoms with Gasteiger partial charge in [0.1, 0.15) is 10.8 Å². The molecule has 1 aromatic heterocycles. The van der Waals surface area contributed by atoms with E-state index >= 15 is 0 Å². The second-order valence-electron chi connectivity index (χ2n) is 4.64. The molecule has 0 saturated heterocycles. The lowest BCUT2D eigenvalue weighted by Gasteiger charge is -2.12. The van der Waals surface area contributed by atoms with Gasteiger partial charge in [0.15, 0.2) is 0 Å². The van der Waals surface area contributed by atoms with Crippen LogP contribution in [0.5, 0.6) is 0 Å². The second-order valence-corrected chi connectivity index (χ2v) is 6.67. The van der Waals surface area contributed by atoms with Gasteiger partial charge in [-0.25, -0.2) is 14.2 Å². The molecule has 1 aromatic carbocycles. The molecule has 0 unspecified atom stereocenters. The Hall–Kier alpha value is -1.60. The van der Waals surface area contributed by atoms with Crippen LogP contribution in [0.3, 0.4) is 0 Å². The maximum absolute atomic E-state index is 13.4. The van der Waals surface area contributed by atoms with Crippen molar-refractivity contribution in [3.8, 4) is 0 Å². The van der Waals surface area contributed by atoms with Gasteiger partial charge in [-0.3, -0.25) is 0 Å². The van der Waals surface area contributed by atoms with Gasteiger partial charge in [0, 0.05) is 29.6 Å². The highest BCUT2D eigenvalue weighted by Gasteiger charge is 2.10. The number of aromatic nitrogens is 1.